The number of nitrogens with zero attached hydrogens (tertiary/aromatic N) is 2. The summed E-state index contributed by atoms with van der Waals surface area (Å²) in [6.45, 7) is 6.30. The number of hydrogen-bond acceptors (Lipinski definition) is 3. The molecule has 1 aromatic carbocycles. The van der Waals surface area contributed by atoms with E-state index in [9.17, 15) is 9.18 Å². The van der Waals surface area contributed by atoms with Crippen LogP contribution in [0.1, 0.15) is 31.7 Å². The van der Waals surface area contributed by atoms with Gasteiger partial charge in [0.1, 0.15) is 17.7 Å². The van der Waals surface area contributed by atoms with Crippen LogP contribution in [-0.4, -0.2) is 28.2 Å². The molecule has 1 atom stereocenters. The van der Waals surface area contributed by atoms with E-state index in [1.807, 2.05) is 20.8 Å². The molecule has 0 aliphatic rings. The van der Waals surface area contributed by atoms with Crippen molar-refractivity contribution < 1.29 is 13.9 Å². The van der Waals surface area contributed by atoms with Crippen molar-refractivity contribution in [1.29, 1.82) is 0 Å². The average Bonchev–Trinajstić information content (AvgIpc) is 2.96. The van der Waals surface area contributed by atoms with Gasteiger partial charge in [-0.15, -0.1) is 0 Å². The van der Waals surface area contributed by atoms with E-state index in [-0.39, 0.29) is 18.3 Å². The second-order valence-electron chi connectivity index (χ2n) is 5.20. The predicted molar refractivity (Wildman–Crippen MR) is 85.8 cm³/mol. The number of carbonyl (C=O) groups is 1. The number of nitrogens with one attached hydrogen (secondary N) is 1. The van der Waals surface area contributed by atoms with Gasteiger partial charge in [0.2, 0.25) is 5.91 Å². The normalized spacial score (nSPS) is 12.2. The largest absolute Gasteiger partial charge is 0.369 e. The van der Waals surface area contributed by atoms with Crippen LogP contribution in [0.3, 0.4) is 0 Å². The molecule has 5 nitrogen and oxygen atoms in total. The summed E-state index contributed by atoms with van der Waals surface area (Å²) < 4.78 is 21.3. The Morgan fingerprint density at radius 3 is 2.78 bits per heavy atom. The summed E-state index contributed by atoms with van der Waals surface area (Å²) in [6, 6.07) is 4.90. The van der Waals surface area contributed by atoms with E-state index >= 15 is 0 Å². The molecule has 124 valence electrons. The van der Waals surface area contributed by atoms with Crippen LogP contribution in [-0.2, 0) is 16.1 Å². The summed E-state index contributed by atoms with van der Waals surface area (Å²) in [5.41, 5.74) is 1.14. The lowest BCUT2D eigenvalue weighted by atomic mass is 10.2. The van der Waals surface area contributed by atoms with Gasteiger partial charge in [0.15, 0.2) is 0 Å². The highest BCUT2D eigenvalue weighted by Gasteiger charge is 2.16. The fourth-order valence-corrected chi connectivity index (χ4v) is 2.37. The van der Waals surface area contributed by atoms with E-state index in [1.54, 1.807) is 29.1 Å². The van der Waals surface area contributed by atoms with Crippen molar-refractivity contribution in [3.8, 4) is 5.69 Å². The number of aromatic nitrogens is 2. The summed E-state index contributed by atoms with van der Waals surface area (Å²) >= 11 is 0. The molecule has 1 amide bonds. The number of halogens is 1. The van der Waals surface area contributed by atoms with Gasteiger partial charge in [0.25, 0.3) is 0 Å². The molecule has 1 N–H and O–H groups in total. The third-order valence-electron chi connectivity index (χ3n) is 3.60. The number of benzene rings is 1. The Balaban J connectivity index is 2.04. The van der Waals surface area contributed by atoms with Gasteiger partial charge in [-0.3, -0.25) is 4.79 Å². The number of aryl methyl sites for hydroxylation is 1. The van der Waals surface area contributed by atoms with Gasteiger partial charge in [0.05, 0.1) is 5.69 Å². The minimum absolute atomic E-state index is 0.177. The first-order valence-electron chi connectivity index (χ1n) is 7.74. The first kappa shape index (κ1) is 17.1. The van der Waals surface area contributed by atoms with Crippen molar-refractivity contribution in [2.24, 2.45) is 0 Å². The molecule has 6 heteroatoms. The van der Waals surface area contributed by atoms with Gasteiger partial charge >= 0.3 is 0 Å². The fourth-order valence-electron chi connectivity index (χ4n) is 2.37. The maximum absolute atomic E-state index is 14.3. The van der Waals surface area contributed by atoms with Crippen LogP contribution < -0.4 is 5.32 Å². The summed E-state index contributed by atoms with van der Waals surface area (Å²) in [6.07, 6.45) is 3.48. The van der Waals surface area contributed by atoms with Crippen molar-refractivity contribution in [2.75, 3.05) is 6.61 Å². The quantitative estimate of drug-likeness (QED) is 0.854. The molecule has 0 bridgehead atoms. The summed E-state index contributed by atoms with van der Waals surface area (Å²) in [5.74, 6) is 0.187. The third-order valence-corrected chi connectivity index (χ3v) is 3.60. The van der Waals surface area contributed by atoms with Crippen molar-refractivity contribution in [2.45, 2.75) is 39.8 Å². The number of hydrogen-bond donors (Lipinski definition) is 1. The minimum atomic E-state index is -0.460. The summed E-state index contributed by atoms with van der Waals surface area (Å²) in [5, 5.41) is 2.78. The number of amides is 1. The van der Waals surface area contributed by atoms with Crippen LogP contribution in [0, 0.1) is 12.7 Å². The Kier molecular flexibility index (Phi) is 5.87. The highest BCUT2D eigenvalue weighted by molar-refractivity contribution is 5.80. The Hall–Kier alpha value is -2.21. The molecule has 0 unspecified atom stereocenters. The van der Waals surface area contributed by atoms with E-state index in [0.29, 0.717) is 30.1 Å². The van der Waals surface area contributed by atoms with E-state index in [1.165, 1.54) is 6.07 Å². The smallest absolute Gasteiger partial charge is 0.249 e. The lowest BCUT2D eigenvalue weighted by Crippen LogP contribution is -2.35. The van der Waals surface area contributed by atoms with Crippen molar-refractivity contribution in [3.05, 3.63) is 47.8 Å². The first-order valence-corrected chi connectivity index (χ1v) is 7.74. The lowest BCUT2D eigenvalue weighted by Gasteiger charge is -2.15. The Labute approximate surface area is 135 Å². The van der Waals surface area contributed by atoms with E-state index in [2.05, 4.69) is 10.3 Å². The molecule has 2 rings (SSSR count). The second kappa shape index (κ2) is 7.87. The highest BCUT2D eigenvalue weighted by atomic mass is 19.1. The first-order chi connectivity index (χ1) is 11.1. The number of ether oxygens (including phenoxy) is 1. The Bertz CT molecular complexity index is 670. The van der Waals surface area contributed by atoms with E-state index in [0.717, 1.165) is 0 Å². The van der Waals surface area contributed by atoms with Gasteiger partial charge in [-0.25, -0.2) is 9.37 Å². The third kappa shape index (κ3) is 4.16. The van der Waals surface area contributed by atoms with Crippen LogP contribution in [0.2, 0.25) is 0 Å². The highest BCUT2D eigenvalue weighted by Crippen LogP contribution is 2.16. The maximum Gasteiger partial charge on any atom is 0.249 e. The average molecular weight is 319 g/mol. The molecule has 0 saturated carbocycles. The van der Waals surface area contributed by atoms with Gasteiger partial charge in [-0.1, -0.05) is 13.0 Å². The molecule has 0 fully saturated rings. The van der Waals surface area contributed by atoms with Crippen LogP contribution >= 0.6 is 0 Å². The molecule has 0 aliphatic heterocycles. The monoisotopic (exact) mass is 319 g/mol. The molecule has 1 aromatic heterocycles. The predicted octanol–water partition coefficient (Wildman–Crippen LogP) is 2.75. The SMILES string of the molecule is CCO[C@@H](CC)C(=O)NCc1ccc(-n2ccnc2C)c(F)c1. The Morgan fingerprint density at radius 1 is 1.43 bits per heavy atom. The summed E-state index contributed by atoms with van der Waals surface area (Å²) in [7, 11) is 0. The fraction of sp³-hybridized carbons (Fsp3) is 0.412. The van der Waals surface area contributed by atoms with Crippen LogP contribution in [0.4, 0.5) is 4.39 Å². The minimum Gasteiger partial charge on any atom is -0.369 e. The molecular formula is C17H22FN3O2. The van der Waals surface area contributed by atoms with Gasteiger partial charge in [0, 0.05) is 25.5 Å². The topological polar surface area (TPSA) is 56.1 Å². The molecule has 0 aliphatic carbocycles. The second-order valence-corrected chi connectivity index (χ2v) is 5.20. The van der Waals surface area contributed by atoms with Crippen molar-refractivity contribution in [3.63, 3.8) is 0 Å². The molecule has 0 radical (unpaired) electrons. The zero-order chi connectivity index (χ0) is 16.8. The summed E-state index contributed by atoms with van der Waals surface area (Å²) in [4.78, 5) is 16.1. The lowest BCUT2D eigenvalue weighted by molar-refractivity contribution is -0.132. The standard InChI is InChI=1S/C17H22FN3O2/c1-4-16(23-5-2)17(22)20-11-13-6-7-15(14(18)10-13)21-9-8-19-12(21)3/h6-10,16H,4-5,11H2,1-3H3,(H,20,22)/t16-/m0/s1. The van der Waals surface area contributed by atoms with Crippen LogP contribution in [0.15, 0.2) is 30.6 Å². The van der Waals surface area contributed by atoms with Crippen LogP contribution in [0.25, 0.3) is 5.69 Å². The number of carbonyl (C=O) groups excluding carboxylic acids is 1. The molecular weight excluding hydrogens is 297 g/mol. The van der Waals surface area contributed by atoms with Gasteiger partial charge in [-0.2, -0.15) is 0 Å². The molecule has 2 aromatic rings. The maximum atomic E-state index is 14.3. The zero-order valence-corrected chi connectivity index (χ0v) is 13.7. The number of rotatable bonds is 7. The van der Waals surface area contributed by atoms with E-state index in [4.69, 9.17) is 4.74 Å². The van der Waals surface area contributed by atoms with Gasteiger partial charge < -0.3 is 14.6 Å². The van der Waals surface area contributed by atoms with Crippen LogP contribution in [0.5, 0.6) is 0 Å². The van der Waals surface area contributed by atoms with Crippen molar-refractivity contribution in [1.82, 2.24) is 14.9 Å². The number of imidazole rings is 1. The van der Waals surface area contributed by atoms with E-state index < -0.39 is 6.10 Å². The molecule has 1 heterocycles. The van der Waals surface area contributed by atoms with Gasteiger partial charge in [-0.05, 0) is 38.0 Å². The molecule has 23 heavy (non-hydrogen) atoms. The molecule has 0 saturated heterocycles. The van der Waals surface area contributed by atoms with Crippen molar-refractivity contribution >= 4 is 5.91 Å². The Morgan fingerprint density at radius 2 is 2.22 bits per heavy atom. The molecule has 0 spiro atoms. The zero-order valence-electron chi connectivity index (χ0n) is 13.7.